The van der Waals surface area contributed by atoms with Gasteiger partial charge in [0.2, 0.25) is 6.79 Å². The van der Waals surface area contributed by atoms with Crippen LogP contribution in [0, 0.1) is 17.7 Å². The number of urea groups is 1. The fourth-order valence-corrected chi connectivity index (χ4v) is 11.0. The number of aliphatic hydroxyl groups excluding tert-OH is 2. The van der Waals surface area contributed by atoms with E-state index in [1.54, 1.807) is 38.5 Å². The van der Waals surface area contributed by atoms with Crippen molar-refractivity contribution in [3.05, 3.63) is 106 Å². The van der Waals surface area contributed by atoms with Crippen molar-refractivity contribution in [2.45, 2.75) is 75.4 Å². The number of methoxy groups -OCH3 is 2. The molecule has 0 aromatic heterocycles. The van der Waals surface area contributed by atoms with Crippen LogP contribution >= 0.6 is 28.1 Å². The van der Waals surface area contributed by atoms with Crippen molar-refractivity contribution in [3.8, 4) is 23.0 Å². The molecule has 0 aliphatic carbocycles. The minimum Gasteiger partial charge on any atom is -0.497 e. The van der Waals surface area contributed by atoms with Gasteiger partial charge in [0.15, 0.2) is 16.6 Å². The van der Waals surface area contributed by atoms with Gasteiger partial charge >= 0.3 is 6.03 Å². The van der Waals surface area contributed by atoms with E-state index in [0.29, 0.717) is 63.9 Å². The minimum absolute atomic E-state index is 0.114. The summed E-state index contributed by atoms with van der Waals surface area (Å²) in [7, 11) is 3.39. The number of β-amino-alcohol motifs (C(OH)–C–C–N with tert-alkyl or cyclic N) is 2. The fourth-order valence-electron chi connectivity index (χ4n) is 10.4. The molecule has 9 rings (SSSR count). The number of benzene rings is 4. The van der Waals surface area contributed by atoms with Crippen molar-refractivity contribution >= 4 is 50.7 Å². The lowest BCUT2D eigenvalue weighted by Gasteiger charge is -2.38. The van der Waals surface area contributed by atoms with Crippen molar-refractivity contribution in [1.82, 2.24) is 19.6 Å². The maximum Gasteiger partial charge on any atom is 0.321 e. The van der Waals surface area contributed by atoms with Crippen molar-refractivity contribution in [2.24, 2.45) is 11.8 Å². The van der Waals surface area contributed by atoms with Gasteiger partial charge < -0.3 is 59.4 Å². The number of halogens is 2. The number of carbonyl (C=O) groups is 1. The molecule has 5 aliphatic rings. The van der Waals surface area contributed by atoms with Crippen LogP contribution in [0.5, 0.6) is 23.0 Å². The van der Waals surface area contributed by atoms with Crippen molar-refractivity contribution in [3.63, 3.8) is 0 Å². The second-order valence-corrected chi connectivity index (χ2v) is 20.3. The van der Waals surface area contributed by atoms with Crippen LogP contribution in [0.25, 0.3) is 0 Å². The number of nitrogens with one attached hydrogen (secondary N) is 2. The quantitative estimate of drug-likeness (QED) is 0.101. The Morgan fingerprint density at radius 3 is 1.61 bits per heavy atom. The van der Waals surface area contributed by atoms with E-state index in [2.05, 4.69) is 65.5 Å². The summed E-state index contributed by atoms with van der Waals surface area (Å²) in [6.45, 7) is 8.60. The van der Waals surface area contributed by atoms with E-state index in [9.17, 15) is 19.4 Å². The molecule has 0 bridgehead atoms. The number of aliphatic hydroxyl groups is 2. The number of anilines is 2. The molecule has 4 fully saturated rings. The number of amides is 2. The Morgan fingerprint density at radius 2 is 1.12 bits per heavy atom. The monoisotopic (exact) mass is 1030 g/mol. The second-order valence-electron chi connectivity index (χ2n) is 19.0. The number of nitrogens with zero attached hydrogens (tertiary/aromatic N) is 4. The molecule has 2 amide bonds. The van der Waals surface area contributed by atoms with Crippen LogP contribution in [-0.4, -0.2) is 140 Å². The van der Waals surface area contributed by atoms with Gasteiger partial charge in [0.1, 0.15) is 17.3 Å². The summed E-state index contributed by atoms with van der Waals surface area (Å²) in [5.74, 6) is 4.48. The summed E-state index contributed by atoms with van der Waals surface area (Å²) in [6.07, 6.45) is 7.22. The van der Waals surface area contributed by atoms with Gasteiger partial charge in [-0.25, -0.2) is 9.18 Å². The Balaban J connectivity index is 0.000000186. The first-order valence-corrected chi connectivity index (χ1v) is 25.8. The first kappa shape index (κ1) is 50.7. The normalized spacial score (nSPS) is 19.6. The number of piperidine rings is 4. The molecule has 4 aromatic carbocycles. The average molecular weight is 1030 g/mol. The molecule has 0 spiro atoms. The highest BCUT2D eigenvalue weighted by molar-refractivity contribution is 9.10. The van der Waals surface area contributed by atoms with Crippen LogP contribution in [0.15, 0.2) is 89.4 Å². The molecule has 69 heavy (non-hydrogen) atoms. The highest BCUT2D eigenvalue weighted by atomic mass is 79.9. The van der Waals surface area contributed by atoms with Crippen molar-refractivity contribution in [2.75, 3.05) is 97.1 Å². The van der Waals surface area contributed by atoms with E-state index < -0.39 is 0 Å². The number of fused-ring (bicyclic) bond motifs is 1. The van der Waals surface area contributed by atoms with E-state index >= 15 is 0 Å². The van der Waals surface area contributed by atoms with E-state index in [1.165, 1.54) is 17.2 Å². The van der Waals surface area contributed by atoms with E-state index in [0.717, 1.165) is 109 Å². The van der Waals surface area contributed by atoms with Crippen LogP contribution in [0.2, 0.25) is 0 Å². The third-order valence-electron chi connectivity index (χ3n) is 14.8. The largest absolute Gasteiger partial charge is 0.497 e. The Labute approximate surface area is 420 Å². The lowest BCUT2D eigenvalue weighted by Crippen LogP contribution is -2.46. The number of rotatable bonds is 12. The summed E-state index contributed by atoms with van der Waals surface area (Å²) < 4.78 is 35.4. The van der Waals surface area contributed by atoms with Crippen LogP contribution in [-0.2, 0) is 0 Å². The molecule has 2 atom stereocenters. The van der Waals surface area contributed by atoms with Gasteiger partial charge in [0, 0.05) is 56.7 Å². The Kier molecular flexibility index (Phi) is 17.9. The third-order valence-corrected chi connectivity index (χ3v) is 15.8. The summed E-state index contributed by atoms with van der Waals surface area (Å²) in [5.41, 5.74) is 4.09. The second kappa shape index (κ2) is 24.4. The van der Waals surface area contributed by atoms with Gasteiger partial charge in [-0.1, -0.05) is 24.3 Å². The number of likely N-dealkylation sites (tertiary alicyclic amines) is 4. The molecule has 5 heterocycles. The molecular formula is C53H68BrFN6O7S. The van der Waals surface area contributed by atoms with Crippen LogP contribution in [0.4, 0.5) is 20.6 Å². The predicted octanol–water partition coefficient (Wildman–Crippen LogP) is 9.15. The number of ether oxygens (including phenoxy) is 4. The molecule has 16 heteroatoms. The first-order chi connectivity index (χ1) is 33.5. The standard InChI is InChI=1S/C27H35N3O5.C26H33BrFN3O2S/c1-33-23-5-2-19(3-6-23)20-8-12-29(13-9-20)17-24(31)21-10-14-30(15-11-21)27(32)28-22-4-7-25-26(16-22)35-18-34-25;1-33-22-5-2-18(3-6-22)19-8-12-30(13-9-19)17-25(32)20-10-14-31(15-11-20)26(34)29-21-4-7-23(27)24(28)16-21/h2-7,16,20-21,24,31H,8-15,17-18H2,1H3,(H,28,32);2-7,16,19-20,25,32H,8-15,17H2,1H3,(H,29,34). The molecule has 4 aromatic rings. The van der Waals surface area contributed by atoms with Gasteiger partial charge in [-0.15, -0.1) is 0 Å². The average Bonchev–Trinajstić information content (AvgIpc) is 3.86. The molecule has 13 nitrogen and oxygen atoms in total. The Bertz CT molecular complexity index is 2280. The predicted molar refractivity (Wildman–Crippen MR) is 275 cm³/mol. The van der Waals surface area contributed by atoms with E-state index in [-0.39, 0.29) is 42.7 Å². The smallest absolute Gasteiger partial charge is 0.321 e. The molecule has 0 saturated carbocycles. The lowest BCUT2D eigenvalue weighted by atomic mass is 9.88. The molecule has 0 radical (unpaired) electrons. The first-order valence-electron chi connectivity index (χ1n) is 24.6. The topological polar surface area (TPSA) is 131 Å². The number of thiocarbonyl (C=S) groups is 1. The Morgan fingerprint density at radius 1 is 0.652 bits per heavy atom. The molecule has 4 N–H and O–H groups in total. The summed E-state index contributed by atoms with van der Waals surface area (Å²) in [6, 6.07) is 27.0. The number of hydrogen-bond acceptors (Lipinski definition) is 10. The fraction of sp³-hybridized carbons (Fsp3) is 0.509. The third kappa shape index (κ3) is 13.8. The lowest BCUT2D eigenvalue weighted by molar-refractivity contribution is 0.0315. The number of hydrogen-bond donors (Lipinski definition) is 4. The van der Waals surface area contributed by atoms with E-state index in [4.69, 9.17) is 31.2 Å². The van der Waals surface area contributed by atoms with Crippen LogP contribution in [0.1, 0.15) is 74.3 Å². The van der Waals surface area contributed by atoms with Crippen molar-refractivity contribution < 1.29 is 38.3 Å². The summed E-state index contributed by atoms with van der Waals surface area (Å²) in [4.78, 5) is 21.4. The minimum atomic E-state index is -0.355. The zero-order valence-electron chi connectivity index (χ0n) is 39.9. The molecule has 5 aliphatic heterocycles. The van der Waals surface area contributed by atoms with Gasteiger partial charge in [-0.3, -0.25) is 0 Å². The molecule has 2 unspecified atom stereocenters. The highest BCUT2D eigenvalue weighted by Gasteiger charge is 2.32. The zero-order valence-corrected chi connectivity index (χ0v) is 42.3. The molecule has 372 valence electrons. The number of carbonyl (C=O) groups excluding carboxylic acids is 1. The van der Waals surface area contributed by atoms with E-state index in [1.807, 2.05) is 35.2 Å². The SMILES string of the molecule is COc1ccc(C2CCN(CC(O)C3CCN(C(=O)Nc4ccc5c(c4)OCO5)CC3)CC2)cc1.COc1ccc(C2CCN(CC(O)C3CCN(C(=S)Nc4ccc(Br)c(F)c4)CC3)CC2)cc1. The maximum absolute atomic E-state index is 13.8. The zero-order chi connectivity index (χ0) is 48.3. The van der Waals surface area contributed by atoms with Gasteiger partial charge in [-0.2, -0.15) is 0 Å². The van der Waals surface area contributed by atoms with Crippen LogP contribution < -0.4 is 29.6 Å². The summed E-state index contributed by atoms with van der Waals surface area (Å²) in [5, 5.41) is 28.5. The van der Waals surface area contributed by atoms with Gasteiger partial charge in [0.05, 0.1) is 30.9 Å². The molecular weight excluding hydrogens is 964 g/mol. The van der Waals surface area contributed by atoms with Gasteiger partial charge in [-0.05, 0) is 195 Å². The van der Waals surface area contributed by atoms with Gasteiger partial charge in [0.25, 0.3) is 0 Å². The Hall–Kier alpha value is -4.71. The maximum atomic E-state index is 13.8. The summed E-state index contributed by atoms with van der Waals surface area (Å²) >= 11 is 8.70. The van der Waals surface area contributed by atoms with Crippen LogP contribution in [0.3, 0.4) is 0 Å². The van der Waals surface area contributed by atoms with Crippen molar-refractivity contribution in [1.29, 1.82) is 0 Å². The molecule has 4 saturated heterocycles. The highest BCUT2D eigenvalue weighted by Crippen LogP contribution is 2.35.